The van der Waals surface area contributed by atoms with Crippen LogP contribution in [0.4, 0.5) is 0 Å². The van der Waals surface area contributed by atoms with Crippen LogP contribution in [0.25, 0.3) is 0 Å². The molecule has 402 valence electrons. The molecule has 0 N–H and O–H groups in total. The predicted molar refractivity (Wildman–Crippen MR) is 315 cm³/mol. The van der Waals surface area contributed by atoms with Crippen LogP contribution >= 0.6 is 0 Å². The van der Waals surface area contributed by atoms with E-state index in [4.69, 9.17) is 14.2 Å². The van der Waals surface area contributed by atoms with E-state index in [0.29, 0.717) is 12.8 Å². The predicted octanol–water partition coefficient (Wildman–Crippen LogP) is 19.1. The molecule has 0 heterocycles. The Morgan fingerprint density at radius 1 is 0.288 bits per heavy atom. The van der Waals surface area contributed by atoms with E-state index in [9.17, 15) is 14.4 Å². The number of hydrogen-bond acceptors (Lipinski definition) is 6. The number of carbonyl (C=O) groups excluding carboxylic acids is 3. The maximum absolute atomic E-state index is 12.9. The van der Waals surface area contributed by atoms with E-state index in [1.807, 2.05) is 72.9 Å². The Morgan fingerprint density at radius 2 is 0.575 bits per heavy atom. The summed E-state index contributed by atoms with van der Waals surface area (Å²) in [5.74, 6) is -1.07. The molecule has 0 bridgehead atoms. The topological polar surface area (TPSA) is 78.9 Å². The third-order valence-electron chi connectivity index (χ3n) is 10.8. The van der Waals surface area contributed by atoms with E-state index in [0.717, 1.165) is 122 Å². The van der Waals surface area contributed by atoms with Crippen molar-refractivity contribution in [2.75, 3.05) is 13.2 Å². The second kappa shape index (κ2) is 58.8. The fourth-order valence-electron chi connectivity index (χ4n) is 6.69. The molecule has 0 fully saturated rings. The summed E-state index contributed by atoms with van der Waals surface area (Å²) >= 11 is 0. The maximum atomic E-state index is 12.9. The van der Waals surface area contributed by atoms with Gasteiger partial charge in [-0.25, -0.2) is 0 Å². The summed E-state index contributed by atoms with van der Waals surface area (Å²) in [6.45, 7) is 6.13. The van der Waals surface area contributed by atoms with Crippen LogP contribution in [0.5, 0.6) is 0 Å². The van der Waals surface area contributed by atoms with Gasteiger partial charge in [-0.3, -0.25) is 14.4 Å². The number of unbranched alkanes of at least 4 members (excludes halogenated alkanes) is 10. The minimum absolute atomic E-state index is 0.137. The summed E-state index contributed by atoms with van der Waals surface area (Å²) < 4.78 is 16.8. The number of esters is 3. The van der Waals surface area contributed by atoms with Crippen molar-refractivity contribution in [2.24, 2.45) is 0 Å². The molecule has 0 rings (SSSR count). The van der Waals surface area contributed by atoms with Gasteiger partial charge in [-0.1, -0.05) is 247 Å². The minimum atomic E-state index is -0.842. The van der Waals surface area contributed by atoms with Gasteiger partial charge in [0.25, 0.3) is 0 Å². The van der Waals surface area contributed by atoms with Gasteiger partial charge in [-0.05, 0) is 116 Å². The summed E-state index contributed by atoms with van der Waals surface area (Å²) in [6.07, 6.45) is 89.8. The Bertz CT molecular complexity index is 1810. The highest BCUT2D eigenvalue weighted by Gasteiger charge is 2.19. The van der Waals surface area contributed by atoms with Crippen molar-refractivity contribution in [1.29, 1.82) is 0 Å². The summed E-state index contributed by atoms with van der Waals surface area (Å²) in [7, 11) is 0. The number of allylic oxidation sites excluding steroid dienone is 32. The van der Waals surface area contributed by atoms with E-state index in [1.165, 1.54) is 12.8 Å². The van der Waals surface area contributed by atoms with E-state index in [1.54, 1.807) is 0 Å². The first kappa shape index (κ1) is 67.2. The standard InChI is InChI=1S/C67H98O6/c1-4-7-10-13-16-19-22-25-28-31-33-36-39-42-45-48-51-54-57-60-66(69)72-63-64(62-71-65(68)59-56-53-50-47-44-41-38-35-30-27-24-21-18-15-12-9-6-3)73-67(70)61-58-55-52-49-46-43-40-37-34-32-29-26-23-20-17-14-11-8-5-2/h7-13,16-22,25-31,33-34,36-39,41-42,45,47,50,64H,4-6,14-15,23-24,32,35,40,43-44,46,48-49,51-63H2,1-3H3/b10-7-,11-8-,12-9-,16-13-,20-17-,21-18-,22-19-,28-25-,29-26-,30-27-,33-31+,37-34-,39-36-,41-38-,45-42-,50-47-. The van der Waals surface area contributed by atoms with E-state index < -0.39 is 6.10 Å². The molecule has 0 saturated carbocycles. The molecule has 0 aliphatic rings. The normalized spacial score (nSPS) is 13.6. The molecular weight excluding hydrogens is 901 g/mol. The van der Waals surface area contributed by atoms with Gasteiger partial charge in [0.2, 0.25) is 0 Å². The molecule has 73 heavy (non-hydrogen) atoms. The number of hydrogen-bond donors (Lipinski definition) is 0. The van der Waals surface area contributed by atoms with Gasteiger partial charge in [0.05, 0.1) is 0 Å². The molecule has 0 amide bonds. The Balaban J connectivity index is 4.66. The SMILES string of the molecule is CC\C=C/C=C\C=C/C=C\C=C\C=C/C=C\CCCCCC(=O)OCC(COC(=O)CCC/C=C\C/C=C\C/C=C\C/C=C\C/C=C\CC)OC(=O)CCCCCCCC/C=C\C/C=C\C/C=C\C/C=C\CC. The zero-order valence-electron chi connectivity index (χ0n) is 45.8. The lowest BCUT2D eigenvalue weighted by Gasteiger charge is -2.18. The van der Waals surface area contributed by atoms with Crippen molar-refractivity contribution in [3.63, 3.8) is 0 Å². The zero-order valence-corrected chi connectivity index (χ0v) is 45.8. The first-order chi connectivity index (χ1) is 36.0. The molecule has 0 aromatic rings. The van der Waals surface area contributed by atoms with Crippen LogP contribution in [0.15, 0.2) is 194 Å². The van der Waals surface area contributed by atoms with Crippen LogP contribution in [-0.2, 0) is 28.6 Å². The second-order valence-corrected chi connectivity index (χ2v) is 17.5. The lowest BCUT2D eigenvalue weighted by molar-refractivity contribution is -0.167. The van der Waals surface area contributed by atoms with Crippen LogP contribution in [0.3, 0.4) is 0 Å². The largest absolute Gasteiger partial charge is 0.462 e. The number of rotatable bonds is 47. The Kier molecular flexibility index (Phi) is 54.2. The quantitative estimate of drug-likeness (QED) is 0.0199. The lowest BCUT2D eigenvalue weighted by atomic mass is 10.1. The zero-order chi connectivity index (χ0) is 52.9. The van der Waals surface area contributed by atoms with Crippen molar-refractivity contribution in [1.82, 2.24) is 0 Å². The lowest BCUT2D eigenvalue weighted by Crippen LogP contribution is -2.30. The molecule has 1 atom stereocenters. The average molecular weight is 1000 g/mol. The fourth-order valence-corrected chi connectivity index (χ4v) is 6.69. The van der Waals surface area contributed by atoms with Crippen molar-refractivity contribution in [3.8, 4) is 0 Å². The smallest absolute Gasteiger partial charge is 0.306 e. The Hall–Kier alpha value is -5.75. The van der Waals surface area contributed by atoms with Crippen LogP contribution in [0.2, 0.25) is 0 Å². The van der Waals surface area contributed by atoms with E-state index >= 15 is 0 Å². The van der Waals surface area contributed by atoms with Gasteiger partial charge < -0.3 is 14.2 Å². The average Bonchev–Trinajstić information content (AvgIpc) is 3.39. The summed E-state index contributed by atoms with van der Waals surface area (Å²) in [4.78, 5) is 38.2. The third-order valence-corrected chi connectivity index (χ3v) is 10.8. The second-order valence-electron chi connectivity index (χ2n) is 17.5. The summed E-state index contributed by atoms with van der Waals surface area (Å²) in [6, 6.07) is 0. The molecule has 0 saturated heterocycles. The Morgan fingerprint density at radius 3 is 1.00 bits per heavy atom. The first-order valence-electron chi connectivity index (χ1n) is 28.0. The highest BCUT2D eigenvalue weighted by Crippen LogP contribution is 2.12. The molecular formula is C67H98O6. The molecule has 6 heteroatoms. The Labute approximate surface area is 446 Å². The monoisotopic (exact) mass is 999 g/mol. The van der Waals surface area contributed by atoms with Crippen molar-refractivity contribution < 1.29 is 28.6 Å². The highest BCUT2D eigenvalue weighted by molar-refractivity contribution is 5.71. The molecule has 0 aliphatic heterocycles. The van der Waals surface area contributed by atoms with Crippen molar-refractivity contribution in [2.45, 2.75) is 194 Å². The number of carbonyl (C=O) groups is 3. The van der Waals surface area contributed by atoms with Crippen molar-refractivity contribution in [3.05, 3.63) is 194 Å². The molecule has 0 spiro atoms. The first-order valence-corrected chi connectivity index (χ1v) is 28.0. The fraction of sp³-hybridized carbons (Fsp3) is 0.478. The van der Waals surface area contributed by atoms with Gasteiger partial charge in [-0.15, -0.1) is 0 Å². The minimum Gasteiger partial charge on any atom is -0.462 e. The van der Waals surface area contributed by atoms with Gasteiger partial charge >= 0.3 is 17.9 Å². The van der Waals surface area contributed by atoms with E-state index in [2.05, 4.69) is 142 Å². The van der Waals surface area contributed by atoms with Crippen LogP contribution < -0.4 is 0 Å². The number of ether oxygens (including phenoxy) is 3. The molecule has 6 nitrogen and oxygen atoms in total. The molecule has 1 unspecified atom stereocenters. The summed E-state index contributed by atoms with van der Waals surface area (Å²) in [5.41, 5.74) is 0. The van der Waals surface area contributed by atoms with Crippen LogP contribution in [-0.4, -0.2) is 37.2 Å². The van der Waals surface area contributed by atoms with Gasteiger partial charge in [0, 0.05) is 19.3 Å². The third kappa shape index (κ3) is 57.0. The van der Waals surface area contributed by atoms with Gasteiger partial charge in [-0.2, -0.15) is 0 Å². The van der Waals surface area contributed by atoms with Crippen LogP contribution in [0.1, 0.15) is 188 Å². The molecule has 0 aliphatic carbocycles. The van der Waals surface area contributed by atoms with E-state index in [-0.39, 0.29) is 50.4 Å². The van der Waals surface area contributed by atoms with Crippen molar-refractivity contribution >= 4 is 17.9 Å². The molecule has 0 aromatic carbocycles. The van der Waals surface area contributed by atoms with Gasteiger partial charge in [0.15, 0.2) is 6.10 Å². The molecule has 0 radical (unpaired) electrons. The van der Waals surface area contributed by atoms with Crippen LogP contribution in [0, 0.1) is 0 Å². The molecule has 0 aromatic heterocycles. The van der Waals surface area contributed by atoms with Gasteiger partial charge in [0.1, 0.15) is 13.2 Å². The highest BCUT2D eigenvalue weighted by atomic mass is 16.6. The summed E-state index contributed by atoms with van der Waals surface area (Å²) in [5, 5.41) is 0. The maximum Gasteiger partial charge on any atom is 0.306 e.